The molecule has 2 aromatic rings. The summed E-state index contributed by atoms with van der Waals surface area (Å²) in [7, 11) is 0. The molecule has 2 heteroatoms. The van der Waals surface area contributed by atoms with Crippen molar-refractivity contribution in [3.63, 3.8) is 0 Å². The van der Waals surface area contributed by atoms with Crippen LogP contribution in [0, 0.1) is 0 Å². The Morgan fingerprint density at radius 1 is 1.33 bits per heavy atom. The van der Waals surface area contributed by atoms with Crippen molar-refractivity contribution in [3.05, 3.63) is 35.9 Å². The molecule has 0 fully saturated rings. The Kier molecular flexibility index (Phi) is 1.66. The summed E-state index contributed by atoms with van der Waals surface area (Å²) in [6.45, 7) is 2.05. The maximum Gasteiger partial charge on any atom is 0.127 e. The summed E-state index contributed by atoms with van der Waals surface area (Å²) in [5.74, 6) is 1.27. The Bertz CT molecular complexity index is 531. The summed E-state index contributed by atoms with van der Waals surface area (Å²) < 4.78 is 5.76. The number of phenolic OH excluding ortho intramolecular Hbond substituents is 1. The lowest BCUT2D eigenvalue weighted by atomic mass is 9.96. The normalized spacial score (nSPS) is 18.9. The molecule has 1 N–H and O–H groups in total. The minimum absolute atomic E-state index is 0.185. The highest BCUT2D eigenvalue weighted by Gasteiger charge is 2.18. The zero-order valence-corrected chi connectivity index (χ0v) is 8.53. The molecule has 15 heavy (non-hydrogen) atoms. The number of rotatable bonds is 0. The second kappa shape index (κ2) is 2.89. The first-order chi connectivity index (χ1) is 7.24. The van der Waals surface area contributed by atoms with Crippen molar-refractivity contribution in [2.75, 3.05) is 0 Å². The number of benzene rings is 2. The van der Waals surface area contributed by atoms with Gasteiger partial charge in [-0.05, 0) is 36.1 Å². The van der Waals surface area contributed by atoms with Gasteiger partial charge in [-0.15, -0.1) is 0 Å². The fourth-order valence-electron chi connectivity index (χ4n) is 2.29. The van der Waals surface area contributed by atoms with E-state index in [4.69, 9.17) is 4.74 Å². The average molecular weight is 200 g/mol. The standard InChI is InChI=1S/C13H12O2/c1-8-5-10-7-11(14)6-9-3-2-4-12(15-8)13(9)10/h2-4,6-8,14H,5H2,1H3/t8-/m1/s1. The summed E-state index contributed by atoms with van der Waals surface area (Å²) in [4.78, 5) is 0. The van der Waals surface area contributed by atoms with Crippen LogP contribution in [0.2, 0.25) is 0 Å². The zero-order chi connectivity index (χ0) is 10.4. The van der Waals surface area contributed by atoms with Crippen molar-refractivity contribution in [2.45, 2.75) is 19.4 Å². The molecule has 0 spiro atoms. The van der Waals surface area contributed by atoms with Gasteiger partial charge in [-0.3, -0.25) is 0 Å². The smallest absolute Gasteiger partial charge is 0.127 e. The average Bonchev–Trinajstić information content (AvgIpc) is 2.16. The molecular weight excluding hydrogens is 188 g/mol. The van der Waals surface area contributed by atoms with E-state index in [2.05, 4.69) is 0 Å². The minimum atomic E-state index is 0.185. The van der Waals surface area contributed by atoms with E-state index >= 15 is 0 Å². The molecule has 1 aliphatic heterocycles. The van der Waals surface area contributed by atoms with Crippen molar-refractivity contribution >= 4 is 10.8 Å². The van der Waals surface area contributed by atoms with Crippen LogP contribution in [0.25, 0.3) is 10.8 Å². The Labute approximate surface area is 88.1 Å². The molecule has 0 amide bonds. The van der Waals surface area contributed by atoms with Gasteiger partial charge in [0.25, 0.3) is 0 Å². The first kappa shape index (κ1) is 8.60. The van der Waals surface area contributed by atoms with E-state index in [9.17, 15) is 5.11 Å². The Balaban J connectivity index is 2.40. The van der Waals surface area contributed by atoms with E-state index in [1.807, 2.05) is 31.2 Å². The van der Waals surface area contributed by atoms with Crippen LogP contribution in [0.1, 0.15) is 12.5 Å². The van der Waals surface area contributed by atoms with Crippen LogP contribution in [0.4, 0.5) is 0 Å². The third-order valence-electron chi connectivity index (χ3n) is 2.84. The largest absolute Gasteiger partial charge is 0.508 e. The van der Waals surface area contributed by atoms with Crippen LogP contribution >= 0.6 is 0 Å². The monoisotopic (exact) mass is 200 g/mol. The van der Waals surface area contributed by atoms with Crippen molar-refractivity contribution < 1.29 is 9.84 Å². The van der Waals surface area contributed by atoms with Crippen LogP contribution in [-0.2, 0) is 6.42 Å². The van der Waals surface area contributed by atoms with Crippen molar-refractivity contribution in [1.82, 2.24) is 0 Å². The lowest BCUT2D eigenvalue weighted by molar-refractivity contribution is 0.218. The molecule has 1 heterocycles. The van der Waals surface area contributed by atoms with Gasteiger partial charge in [-0.2, -0.15) is 0 Å². The van der Waals surface area contributed by atoms with Crippen LogP contribution < -0.4 is 4.74 Å². The van der Waals surface area contributed by atoms with Crippen LogP contribution in [-0.4, -0.2) is 11.2 Å². The molecule has 2 nitrogen and oxygen atoms in total. The molecule has 76 valence electrons. The molecule has 1 aliphatic rings. The molecule has 0 saturated carbocycles. The van der Waals surface area contributed by atoms with Gasteiger partial charge in [0.15, 0.2) is 0 Å². The van der Waals surface area contributed by atoms with Crippen molar-refractivity contribution in [2.24, 2.45) is 0 Å². The third-order valence-corrected chi connectivity index (χ3v) is 2.84. The number of ether oxygens (including phenoxy) is 1. The van der Waals surface area contributed by atoms with Gasteiger partial charge in [-0.1, -0.05) is 12.1 Å². The molecule has 0 aliphatic carbocycles. The molecule has 0 unspecified atom stereocenters. The number of hydrogen-bond donors (Lipinski definition) is 1. The van der Waals surface area contributed by atoms with Gasteiger partial charge in [0.05, 0.1) is 6.10 Å². The highest BCUT2D eigenvalue weighted by atomic mass is 16.5. The van der Waals surface area contributed by atoms with E-state index in [0.717, 1.165) is 22.9 Å². The maximum atomic E-state index is 9.60. The minimum Gasteiger partial charge on any atom is -0.508 e. The SMILES string of the molecule is C[C@@H]1Cc2cc(O)cc3cccc(c23)O1. The molecule has 0 radical (unpaired) electrons. The van der Waals surface area contributed by atoms with Crippen molar-refractivity contribution in [3.8, 4) is 11.5 Å². The van der Waals surface area contributed by atoms with Gasteiger partial charge in [-0.25, -0.2) is 0 Å². The fourth-order valence-corrected chi connectivity index (χ4v) is 2.29. The summed E-state index contributed by atoms with van der Waals surface area (Å²) in [5, 5.41) is 11.8. The van der Waals surface area contributed by atoms with Crippen molar-refractivity contribution in [1.29, 1.82) is 0 Å². The second-order valence-corrected chi connectivity index (χ2v) is 4.09. The van der Waals surface area contributed by atoms with Gasteiger partial charge in [0.2, 0.25) is 0 Å². The van der Waals surface area contributed by atoms with Gasteiger partial charge in [0.1, 0.15) is 11.5 Å². The lowest BCUT2D eigenvalue weighted by Gasteiger charge is -2.23. The third kappa shape index (κ3) is 1.25. The summed E-state index contributed by atoms with van der Waals surface area (Å²) in [5.41, 5.74) is 1.18. The van der Waals surface area contributed by atoms with Crippen LogP contribution in [0.5, 0.6) is 11.5 Å². The van der Waals surface area contributed by atoms with E-state index in [-0.39, 0.29) is 6.10 Å². The molecule has 3 rings (SSSR count). The van der Waals surface area contributed by atoms with E-state index in [1.54, 1.807) is 6.07 Å². The van der Waals surface area contributed by atoms with E-state index in [1.165, 1.54) is 5.56 Å². The van der Waals surface area contributed by atoms with E-state index < -0.39 is 0 Å². The Morgan fingerprint density at radius 3 is 3.07 bits per heavy atom. The molecule has 1 atom stereocenters. The topological polar surface area (TPSA) is 29.5 Å². The Hall–Kier alpha value is -1.70. The zero-order valence-electron chi connectivity index (χ0n) is 8.53. The highest BCUT2D eigenvalue weighted by Crippen LogP contribution is 2.36. The van der Waals surface area contributed by atoms with Gasteiger partial charge in [0, 0.05) is 11.8 Å². The highest BCUT2D eigenvalue weighted by molar-refractivity contribution is 5.93. The fraction of sp³-hybridized carbons (Fsp3) is 0.231. The molecule has 0 aromatic heterocycles. The number of phenols is 1. The lowest BCUT2D eigenvalue weighted by Crippen LogP contribution is -2.19. The number of hydrogen-bond acceptors (Lipinski definition) is 2. The first-order valence-electron chi connectivity index (χ1n) is 5.15. The van der Waals surface area contributed by atoms with E-state index in [0.29, 0.717) is 5.75 Å². The van der Waals surface area contributed by atoms with Gasteiger partial charge < -0.3 is 9.84 Å². The molecule has 2 aromatic carbocycles. The first-order valence-corrected chi connectivity index (χ1v) is 5.15. The molecule has 0 bridgehead atoms. The summed E-state index contributed by atoms with van der Waals surface area (Å²) >= 11 is 0. The predicted molar refractivity (Wildman–Crippen MR) is 59.4 cm³/mol. The summed E-state index contributed by atoms with van der Waals surface area (Å²) in [6.07, 6.45) is 1.05. The quantitative estimate of drug-likeness (QED) is 0.708. The predicted octanol–water partition coefficient (Wildman–Crippen LogP) is 2.87. The van der Waals surface area contributed by atoms with Gasteiger partial charge >= 0.3 is 0 Å². The van der Waals surface area contributed by atoms with Crippen LogP contribution in [0.15, 0.2) is 30.3 Å². The number of aromatic hydroxyl groups is 1. The van der Waals surface area contributed by atoms with Crippen LogP contribution in [0.3, 0.4) is 0 Å². The Morgan fingerprint density at radius 2 is 2.20 bits per heavy atom. The second-order valence-electron chi connectivity index (χ2n) is 4.09. The molecule has 0 saturated heterocycles. The molecular formula is C13H12O2. The maximum absolute atomic E-state index is 9.60. The summed E-state index contributed by atoms with van der Waals surface area (Å²) in [6, 6.07) is 9.56.